The first kappa shape index (κ1) is 19.5. The Bertz CT molecular complexity index is 883. The average Bonchev–Trinajstić information content (AvgIpc) is 2.66. The van der Waals surface area contributed by atoms with Crippen LogP contribution >= 0.6 is 0 Å². The summed E-state index contributed by atoms with van der Waals surface area (Å²) in [6.07, 6.45) is 0. The third-order valence-corrected chi connectivity index (χ3v) is 3.48. The first-order valence-electron chi connectivity index (χ1n) is 7.58. The van der Waals surface area contributed by atoms with Crippen LogP contribution in [0.3, 0.4) is 0 Å². The van der Waals surface area contributed by atoms with Crippen molar-refractivity contribution < 1.29 is 28.7 Å². The van der Waals surface area contributed by atoms with Crippen molar-refractivity contribution in [3.8, 4) is 11.5 Å². The lowest BCUT2D eigenvalue weighted by atomic mass is 10.2. The highest BCUT2D eigenvalue weighted by Crippen LogP contribution is 2.28. The van der Waals surface area contributed by atoms with Gasteiger partial charge >= 0.3 is 5.97 Å². The molecule has 0 radical (unpaired) electrons. The zero-order valence-electron chi connectivity index (χ0n) is 14.6. The maximum Gasteiger partial charge on any atom is 0.338 e. The summed E-state index contributed by atoms with van der Waals surface area (Å²) in [7, 11) is 2.91. The molecule has 0 spiro atoms. The van der Waals surface area contributed by atoms with Gasteiger partial charge in [-0.25, -0.2) is 4.79 Å². The Morgan fingerprint density at radius 3 is 2.52 bits per heavy atom. The Balaban J connectivity index is 2.03. The largest absolute Gasteiger partial charge is 0.497 e. The number of amides is 1. The molecule has 0 saturated heterocycles. The maximum absolute atomic E-state index is 12.0. The van der Waals surface area contributed by atoms with Gasteiger partial charge in [0.2, 0.25) is 0 Å². The van der Waals surface area contributed by atoms with E-state index in [1.807, 2.05) is 0 Å². The molecule has 0 fully saturated rings. The van der Waals surface area contributed by atoms with Crippen molar-refractivity contribution in [3.63, 3.8) is 0 Å². The molecule has 2 aromatic carbocycles. The normalized spacial score (nSPS) is 10.0. The Hall–Kier alpha value is -3.82. The molecule has 2 aromatic rings. The summed E-state index contributed by atoms with van der Waals surface area (Å²) in [5.41, 5.74) is 5.20. The van der Waals surface area contributed by atoms with Crippen LogP contribution in [0.15, 0.2) is 36.4 Å². The van der Waals surface area contributed by atoms with E-state index in [2.05, 4.69) is 5.32 Å². The summed E-state index contributed by atoms with van der Waals surface area (Å²) in [5, 5.41) is 13.4. The number of ether oxygens (including phenoxy) is 3. The lowest BCUT2D eigenvalue weighted by molar-refractivity contribution is -0.383. The van der Waals surface area contributed by atoms with Crippen molar-refractivity contribution in [2.75, 3.05) is 31.9 Å². The monoisotopic (exact) mass is 375 g/mol. The van der Waals surface area contributed by atoms with E-state index in [-0.39, 0.29) is 11.3 Å². The number of nitrogens with one attached hydrogen (secondary N) is 1. The summed E-state index contributed by atoms with van der Waals surface area (Å²) in [6, 6.07) is 8.28. The van der Waals surface area contributed by atoms with Crippen LogP contribution in [0.4, 0.5) is 17.1 Å². The van der Waals surface area contributed by atoms with Gasteiger partial charge in [-0.15, -0.1) is 0 Å². The first-order valence-corrected chi connectivity index (χ1v) is 7.58. The van der Waals surface area contributed by atoms with Crippen LogP contribution in [-0.4, -0.2) is 37.6 Å². The molecule has 0 aromatic heterocycles. The van der Waals surface area contributed by atoms with Crippen molar-refractivity contribution >= 4 is 28.9 Å². The van der Waals surface area contributed by atoms with Gasteiger partial charge in [-0.05, 0) is 24.3 Å². The van der Waals surface area contributed by atoms with E-state index in [0.29, 0.717) is 17.2 Å². The van der Waals surface area contributed by atoms with Crippen LogP contribution in [0, 0.1) is 10.1 Å². The average molecular weight is 375 g/mol. The molecule has 0 saturated carbocycles. The van der Waals surface area contributed by atoms with Crippen molar-refractivity contribution in [2.45, 2.75) is 0 Å². The number of nitrogen functional groups attached to an aromatic ring is 1. The second-order valence-electron chi connectivity index (χ2n) is 5.22. The number of nitro benzene ring substituents is 1. The standard InChI is InChI=1S/C17H17N3O7/c1-25-11-4-6-15(26-2)13(8-11)19-16(21)9-27-17(22)10-3-5-12(18)14(7-10)20(23)24/h3-8H,9,18H2,1-2H3,(H,19,21). The van der Waals surface area contributed by atoms with E-state index < -0.39 is 29.1 Å². The lowest BCUT2D eigenvalue weighted by Gasteiger charge is -2.12. The van der Waals surface area contributed by atoms with Crippen LogP contribution in [0.25, 0.3) is 0 Å². The van der Waals surface area contributed by atoms with E-state index in [4.69, 9.17) is 19.9 Å². The van der Waals surface area contributed by atoms with Crippen LogP contribution in [0.2, 0.25) is 0 Å². The molecule has 27 heavy (non-hydrogen) atoms. The summed E-state index contributed by atoms with van der Waals surface area (Å²) < 4.78 is 15.1. The van der Waals surface area contributed by atoms with Gasteiger partial charge in [0.25, 0.3) is 11.6 Å². The van der Waals surface area contributed by atoms with Crippen LogP contribution in [0.1, 0.15) is 10.4 Å². The van der Waals surface area contributed by atoms with Gasteiger partial charge in [-0.2, -0.15) is 0 Å². The summed E-state index contributed by atoms with van der Waals surface area (Å²) in [6.45, 7) is -0.600. The maximum atomic E-state index is 12.0. The number of carbonyl (C=O) groups excluding carboxylic acids is 2. The molecule has 0 atom stereocenters. The third kappa shape index (κ3) is 4.84. The van der Waals surface area contributed by atoms with E-state index in [1.165, 1.54) is 26.4 Å². The lowest BCUT2D eigenvalue weighted by Crippen LogP contribution is -2.21. The van der Waals surface area contributed by atoms with Crippen molar-refractivity contribution in [1.29, 1.82) is 0 Å². The highest BCUT2D eigenvalue weighted by Gasteiger charge is 2.18. The number of hydrogen-bond donors (Lipinski definition) is 2. The van der Waals surface area contributed by atoms with Gasteiger partial charge in [0.15, 0.2) is 6.61 Å². The molecule has 0 heterocycles. The van der Waals surface area contributed by atoms with Gasteiger partial charge in [-0.3, -0.25) is 14.9 Å². The molecule has 3 N–H and O–H groups in total. The minimum absolute atomic E-state index is 0.0839. The number of benzene rings is 2. The Labute approximate surface area is 154 Å². The molecular formula is C17H17N3O7. The second kappa shape index (κ2) is 8.52. The number of carbonyl (C=O) groups is 2. The van der Waals surface area contributed by atoms with Crippen molar-refractivity contribution in [1.82, 2.24) is 0 Å². The van der Waals surface area contributed by atoms with Gasteiger partial charge in [0.05, 0.1) is 30.4 Å². The van der Waals surface area contributed by atoms with E-state index in [9.17, 15) is 19.7 Å². The summed E-state index contributed by atoms with van der Waals surface area (Å²) in [4.78, 5) is 34.2. The number of esters is 1. The highest BCUT2D eigenvalue weighted by atomic mass is 16.6. The molecule has 0 unspecified atom stereocenters. The third-order valence-electron chi connectivity index (χ3n) is 3.48. The molecule has 142 valence electrons. The highest BCUT2D eigenvalue weighted by molar-refractivity contribution is 5.97. The Morgan fingerprint density at radius 1 is 1.15 bits per heavy atom. The smallest absolute Gasteiger partial charge is 0.338 e. The van der Waals surface area contributed by atoms with Crippen LogP contribution in [-0.2, 0) is 9.53 Å². The fourth-order valence-electron chi connectivity index (χ4n) is 2.14. The predicted molar refractivity (Wildman–Crippen MR) is 96.0 cm³/mol. The Kier molecular flexibility index (Phi) is 6.15. The molecule has 0 aliphatic carbocycles. The van der Waals surface area contributed by atoms with E-state index >= 15 is 0 Å². The van der Waals surface area contributed by atoms with Gasteiger partial charge < -0.3 is 25.3 Å². The molecule has 10 nitrogen and oxygen atoms in total. The van der Waals surface area contributed by atoms with E-state index in [1.54, 1.807) is 18.2 Å². The molecule has 10 heteroatoms. The SMILES string of the molecule is COc1ccc(OC)c(NC(=O)COC(=O)c2ccc(N)c([N+](=O)[O-])c2)c1. The molecular weight excluding hydrogens is 358 g/mol. The Morgan fingerprint density at radius 2 is 1.89 bits per heavy atom. The zero-order chi connectivity index (χ0) is 20.0. The van der Waals surface area contributed by atoms with Gasteiger partial charge in [0, 0.05) is 12.1 Å². The molecule has 0 bridgehead atoms. The zero-order valence-corrected chi connectivity index (χ0v) is 14.6. The fraction of sp³-hybridized carbons (Fsp3) is 0.176. The fourth-order valence-corrected chi connectivity index (χ4v) is 2.14. The quantitative estimate of drug-likeness (QED) is 0.324. The number of hydrogen-bond acceptors (Lipinski definition) is 8. The molecule has 0 aliphatic rings. The van der Waals surface area contributed by atoms with Crippen molar-refractivity contribution in [2.24, 2.45) is 0 Å². The first-order chi connectivity index (χ1) is 12.8. The van der Waals surface area contributed by atoms with Crippen molar-refractivity contribution in [3.05, 3.63) is 52.1 Å². The van der Waals surface area contributed by atoms with Crippen LogP contribution < -0.4 is 20.5 Å². The van der Waals surface area contributed by atoms with Crippen LogP contribution in [0.5, 0.6) is 11.5 Å². The number of anilines is 2. The second-order valence-corrected chi connectivity index (χ2v) is 5.22. The summed E-state index contributed by atoms with van der Waals surface area (Å²) >= 11 is 0. The molecule has 2 rings (SSSR count). The minimum atomic E-state index is -0.897. The topological polar surface area (TPSA) is 143 Å². The number of nitrogens with zero attached hydrogens (tertiary/aromatic N) is 1. The predicted octanol–water partition coefficient (Wildman–Crippen LogP) is 1.99. The number of nitrogens with two attached hydrogens (primary N) is 1. The minimum Gasteiger partial charge on any atom is -0.497 e. The van der Waals surface area contributed by atoms with Gasteiger partial charge in [0.1, 0.15) is 17.2 Å². The van der Waals surface area contributed by atoms with E-state index in [0.717, 1.165) is 6.07 Å². The number of nitro groups is 1. The number of methoxy groups -OCH3 is 2. The molecule has 0 aliphatic heterocycles. The number of rotatable bonds is 7. The summed E-state index contributed by atoms with van der Waals surface area (Å²) in [5.74, 6) is -0.632. The molecule has 1 amide bonds. The van der Waals surface area contributed by atoms with Gasteiger partial charge in [-0.1, -0.05) is 0 Å².